The summed E-state index contributed by atoms with van der Waals surface area (Å²) in [5.41, 5.74) is 4.75. The number of hydrogen-bond acceptors (Lipinski definition) is 5. The number of hydrazone groups is 1. The van der Waals surface area contributed by atoms with E-state index in [2.05, 4.69) is 15.5 Å². The van der Waals surface area contributed by atoms with Gasteiger partial charge in [-0.3, -0.25) is 5.43 Å². The van der Waals surface area contributed by atoms with Crippen molar-refractivity contribution in [1.29, 1.82) is 0 Å². The van der Waals surface area contributed by atoms with Crippen LogP contribution in [0.15, 0.2) is 59.7 Å². The molecule has 0 unspecified atom stereocenters. The first-order valence-corrected chi connectivity index (χ1v) is 6.82. The lowest BCUT2D eigenvalue weighted by atomic mass is 10.1. The molecule has 3 rings (SSSR count). The molecule has 110 valence electrons. The number of aromatic nitrogens is 1. The van der Waals surface area contributed by atoms with Crippen molar-refractivity contribution in [3.05, 3.63) is 60.2 Å². The van der Waals surface area contributed by atoms with Crippen LogP contribution in [-0.2, 0) is 0 Å². The lowest BCUT2D eigenvalue weighted by molar-refractivity contribution is 0.459. The van der Waals surface area contributed by atoms with Crippen molar-refractivity contribution in [3.8, 4) is 11.5 Å². The van der Waals surface area contributed by atoms with Gasteiger partial charge in [0.2, 0.25) is 0 Å². The minimum absolute atomic E-state index is 0.0623. The van der Waals surface area contributed by atoms with E-state index in [1.165, 1.54) is 18.2 Å². The Labute approximate surface area is 127 Å². The molecule has 0 saturated carbocycles. The van der Waals surface area contributed by atoms with E-state index >= 15 is 0 Å². The van der Waals surface area contributed by atoms with Crippen molar-refractivity contribution in [3.63, 3.8) is 0 Å². The molecular formula is C17H15N3O2. The Kier molecular flexibility index (Phi) is 3.62. The minimum Gasteiger partial charge on any atom is -0.508 e. The zero-order chi connectivity index (χ0) is 15.5. The predicted octanol–water partition coefficient (Wildman–Crippen LogP) is 3.48. The Morgan fingerprint density at radius 2 is 1.86 bits per heavy atom. The van der Waals surface area contributed by atoms with E-state index < -0.39 is 0 Å². The number of pyridine rings is 1. The van der Waals surface area contributed by atoms with Crippen molar-refractivity contribution in [2.45, 2.75) is 6.92 Å². The average Bonchev–Trinajstić information content (AvgIpc) is 2.54. The quantitative estimate of drug-likeness (QED) is 0.392. The van der Waals surface area contributed by atoms with Gasteiger partial charge in [-0.25, -0.2) is 4.98 Å². The lowest BCUT2D eigenvalue weighted by Crippen LogP contribution is -2.01. The van der Waals surface area contributed by atoms with Gasteiger partial charge in [0.25, 0.3) is 0 Å². The highest BCUT2D eigenvalue weighted by Crippen LogP contribution is 2.23. The van der Waals surface area contributed by atoms with E-state index in [0.29, 0.717) is 17.1 Å². The molecule has 0 amide bonds. The predicted molar refractivity (Wildman–Crippen MR) is 87.3 cm³/mol. The molecule has 0 aliphatic heterocycles. The van der Waals surface area contributed by atoms with E-state index in [1.54, 1.807) is 6.92 Å². The third-order valence-electron chi connectivity index (χ3n) is 3.31. The fraction of sp³-hybridized carbons (Fsp3) is 0.0588. The van der Waals surface area contributed by atoms with Gasteiger partial charge >= 0.3 is 0 Å². The number of benzene rings is 2. The van der Waals surface area contributed by atoms with Gasteiger partial charge in [0.15, 0.2) is 0 Å². The Morgan fingerprint density at radius 3 is 2.73 bits per heavy atom. The molecule has 3 N–H and O–H groups in total. The minimum atomic E-state index is 0.0623. The standard InChI is InChI=1S/C17H15N3O2/c1-11(14-10-13(21)7-8-16(14)22)19-20-17-9-6-12-4-2-3-5-15(12)18-17/h2-10,21-22H,1H3,(H,18,20)/b19-11+. The zero-order valence-electron chi connectivity index (χ0n) is 12.0. The second-order valence-electron chi connectivity index (χ2n) is 4.90. The van der Waals surface area contributed by atoms with Crippen LogP contribution >= 0.6 is 0 Å². The number of nitrogens with zero attached hydrogens (tertiary/aromatic N) is 2. The van der Waals surface area contributed by atoms with E-state index in [9.17, 15) is 10.2 Å². The highest BCUT2D eigenvalue weighted by Gasteiger charge is 2.06. The second kappa shape index (κ2) is 5.73. The number of para-hydroxylation sites is 1. The Bertz CT molecular complexity index is 859. The molecule has 0 bridgehead atoms. The zero-order valence-corrected chi connectivity index (χ0v) is 12.0. The summed E-state index contributed by atoms with van der Waals surface area (Å²) < 4.78 is 0. The molecule has 2 aromatic carbocycles. The van der Waals surface area contributed by atoms with Crippen LogP contribution in [0.2, 0.25) is 0 Å². The maximum absolute atomic E-state index is 9.81. The highest BCUT2D eigenvalue weighted by atomic mass is 16.3. The normalized spacial score (nSPS) is 11.6. The van der Waals surface area contributed by atoms with Crippen LogP contribution in [0, 0.1) is 0 Å². The molecule has 5 nitrogen and oxygen atoms in total. The molecule has 5 heteroatoms. The molecule has 0 aliphatic carbocycles. The van der Waals surface area contributed by atoms with Crippen LogP contribution in [0.25, 0.3) is 10.9 Å². The summed E-state index contributed by atoms with van der Waals surface area (Å²) in [6, 6.07) is 15.9. The van der Waals surface area contributed by atoms with Gasteiger partial charge in [-0.1, -0.05) is 18.2 Å². The lowest BCUT2D eigenvalue weighted by Gasteiger charge is -2.06. The van der Waals surface area contributed by atoms with Gasteiger partial charge in [0.05, 0.1) is 11.2 Å². The number of phenolic OH excluding ortho intramolecular Hbond substituents is 2. The van der Waals surface area contributed by atoms with Gasteiger partial charge in [0.1, 0.15) is 17.3 Å². The number of rotatable bonds is 3. The number of fused-ring (bicyclic) bond motifs is 1. The molecule has 0 fully saturated rings. The first kappa shape index (κ1) is 13.9. The molecule has 0 spiro atoms. The largest absolute Gasteiger partial charge is 0.508 e. The summed E-state index contributed by atoms with van der Waals surface area (Å²) in [4.78, 5) is 4.45. The SMILES string of the molecule is C/C(=N\Nc1ccc2ccccc2n1)c1cc(O)ccc1O. The van der Waals surface area contributed by atoms with E-state index in [-0.39, 0.29) is 11.5 Å². The van der Waals surface area contributed by atoms with E-state index in [1.807, 2.05) is 36.4 Å². The van der Waals surface area contributed by atoms with Gasteiger partial charge in [0, 0.05) is 10.9 Å². The molecule has 0 saturated heterocycles. The first-order chi connectivity index (χ1) is 10.6. The molecular weight excluding hydrogens is 278 g/mol. The van der Waals surface area contributed by atoms with Crippen molar-refractivity contribution in [1.82, 2.24) is 4.98 Å². The van der Waals surface area contributed by atoms with Gasteiger partial charge in [-0.05, 0) is 43.3 Å². The summed E-state index contributed by atoms with van der Waals surface area (Å²) in [7, 11) is 0. The van der Waals surface area contributed by atoms with Gasteiger partial charge in [-0.15, -0.1) is 0 Å². The molecule has 3 aromatic rings. The average molecular weight is 293 g/mol. The van der Waals surface area contributed by atoms with Crippen molar-refractivity contribution in [2.24, 2.45) is 5.10 Å². The number of phenols is 2. The van der Waals surface area contributed by atoms with Crippen LogP contribution < -0.4 is 5.43 Å². The Balaban J connectivity index is 1.86. The topological polar surface area (TPSA) is 77.7 Å². The van der Waals surface area contributed by atoms with Crippen LogP contribution in [-0.4, -0.2) is 20.9 Å². The van der Waals surface area contributed by atoms with Crippen LogP contribution in [0.3, 0.4) is 0 Å². The fourth-order valence-corrected chi connectivity index (χ4v) is 2.14. The smallest absolute Gasteiger partial charge is 0.146 e. The maximum Gasteiger partial charge on any atom is 0.146 e. The van der Waals surface area contributed by atoms with Gasteiger partial charge < -0.3 is 10.2 Å². The summed E-state index contributed by atoms with van der Waals surface area (Å²) >= 11 is 0. The van der Waals surface area contributed by atoms with Crippen molar-refractivity contribution in [2.75, 3.05) is 5.43 Å². The second-order valence-corrected chi connectivity index (χ2v) is 4.90. The molecule has 0 aliphatic rings. The Morgan fingerprint density at radius 1 is 1.05 bits per heavy atom. The monoisotopic (exact) mass is 293 g/mol. The van der Waals surface area contributed by atoms with Crippen LogP contribution in [0.4, 0.5) is 5.82 Å². The highest BCUT2D eigenvalue weighted by molar-refractivity contribution is 6.01. The molecule has 22 heavy (non-hydrogen) atoms. The van der Waals surface area contributed by atoms with Crippen LogP contribution in [0.1, 0.15) is 12.5 Å². The number of hydrogen-bond donors (Lipinski definition) is 3. The molecule has 0 atom stereocenters. The third kappa shape index (κ3) is 2.83. The van der Waals surface area contributed by atoms with E-state index in [4.69, 9.17) is 0 Å². The summed E-state index contributed by atoms with van der Waals surface area (Å²) in [6.45, 7) is 1.74. The summed E-state index contributed by atoms with van der Waals surface area (Å²) in [5, 5.41) is 24.6. The fourth-order valence-electron chi connectivity index (χ4n) is 2.14. The Hall–Kier alpha value is -3.08. The molecule has 0 radical (unpaired) electrons. The van der Waals surface area contributed by atoms with E-state index in [0.717, 1.165) is 10.9 Å². The number of aromatic hydroxyl groups is 2. The first-order valence-electron chi connectivity index (χ1n) is 6.82. The number of nitrogens with one attached hydrogen (secondary N) is 1. The maximum atomic E-state index is 9.81. The molecule has 1 aromatic heterocycles. The van der Waals surface area contributed by atoms with Crippen molar-refractivity contribution < 1.29 is 10.2 Å². The summed E-state index contributed by atoms with van der Waals surface area (Å²) in [6.07, 6.45) is 0. The van der Waals surface area contributed by atoms with Gasteiger partial charge in [-0.2, -0.15) is 5.10 Å². The third-order valence-corrected chi connectivity index (χ3v) is 3.31. The summed E-state index contributed by atoms with van der Waals surface area (Å²) in [5.74, 6) is 0.746. The number of anilines is 1. The van der Waals surface area contributed by atoms with Crippen molar-refractivity contribution >= 4 is 22.4 Å². The van der Waals surface area contributed by atoms with Crippen LogP contribution in [0.5, 0.6) is 11.5 Å². The molecule has 1 heterocycles.